The van der Waals surface area contributed by atoms with E-state index >= 15 is 0 Å². The average Bonchev–Trinajstić information content (AvgIpc) is 2.96. The molecule has 0 aromatic carbocycles. The van der Waals surface area contributed by atoms with Crippen LogP contribution in [-0.2, 0) is 0 Å². The fraction of sp³-hybridized carbons (Fsp3) is 0.824. The van der Waals surface area contributed by atoms with E-state index in [0.29, 0.717) is 18.0 Å². The van der Waals surface area contributed by atoms with Crippen LogP contribution < -0.4 is 10.6 Å². The zero-order valence-corrected chi connectivity index (χ0v) is 17.3. The first-order valence-corrected chi connectivity index (χ1v) is 8.46. The van der Waals surface area contributed by atoms with Gasteiger partial charge in [0.05, 0.1) is 0 Å². The van der Waals surface area contributed by atoms with Gasteiger partial charge in [0.2, 0.25) is 0 Å². The van der Waals surface area contributed by atoms with Crippen LogP contribution in [0.3, 0.4) is 0 Å². The molecule has 0 heterocycles. The number of likely N-dealkylation sites (N-methyl/N-ethyl adjacent to an activating group) is 1. The van der Waals surface area contributed by atoms with Crippen molar-refractivity contribution in [3.63, 3.8) is 0 Å². The van der Waals surface area contributed by atoms with Crippen LogP contribution in [0, 0.1) is 5.92 Å². The number of aliphatic imine (C=N–C) groups is 1. The summed E-state index contributed by atoms with van der Waals surface area (Å²) in [6.07, 6.45) is 7.90. The van der Waals surface area contributed by atoms with E-state index in [1.54, 1.807) is 0 Å². The molecular formula is C17H35IN4. The lowest BCUT2D eigenvalue weighted by Crippen LogP contribution is -2.49. The lowest BCUT2D eigenvalue weighted by molar-refractivity contribution is 0.191. The van der Waals surface area contributed by atoms with Crippen molar-refractivity contribution < 1.29 is 0 Å². The zero-order chi connectivity index (χ0) is 15.7. The molecule has 0 aromatic heterocycles. The van der Waals surface area contributed by atoms with E-state index in [1.807, 2.05) is 7.05 Å². The maximum Gasteiger partial charge on any atom is 0.191 e. The monoisotopic (exact) mass is 422 g/mol. The normalized spacial score (nSPS) is 17.0. The first kappa shape index (κ1) is 21.7. The molecule has 0 amide bonds. The summed E-state index contributed by atoms with van der Waals surface area (Å²) >= 11 is 0. The molecule has 0 aromatic rings. The fourth-order valence-corrected chi connectivity index (χ4v) is 2.98. The minimum absolute atomic E-state index is 0. The van der Waals surface area contributed by atoms with Gasteiger partial charge in [-0.2, -0.15) is 0 Å². The molecule has 0 radical (unpaired) electrons. The molecule has 5 heteroatoms. The first-order chi connectivity index (χ1) is 10.1. The van der Waals surface area contributed by atoms with Gasteiger partial charge < -0.3 is 10.6 Å². The van der Waals surface area contributed by atoms with Crippen molar-refractivity contribution in [3.05, 3.63) is 12.2 Å². The van der Waals surface area contributed by atoms with E-state index in [2.05, 4.69) is 60.4 Å². The van der Waals surface area contributed by atoms with E-state index < -0.39 is 0 Å². The molecule has 22 heavy (non-hydrogen) atoms. The number of hydrogen-bond acceptors (Lipinski definition) is 2. The van der Waals surface area contributed by atoms with Crippen molar-refractivity contribution >= 4 is 29.9 Å². The second kappa shape index (κ2) is 12.2. The zero-order valence-electron chi connectivity index (χ0n) is 14.9. The van der Waals surface area contributed by atoms with Crippen LogP contribution in [0.25, 0.3) is 0 Å². The predicted octanol–water partition coefficient (Wildman–Crippen LogP) is 3.24. The third-order valence-corrected chi connectivity index (χ3v) is 4.15. The molecule has 2 N–H and O–H groups in total. The number of nitrogens with one attached hydrogen (secondary N) is 2. The molecule has 130 valence electrons. The first-order valence-electron chi connectivity index (χ1n) is 8.46. The third kappa shape index (κ3) is 7.81. The molecule has 0 fully saturated rings. The predicted molar refractivity (Wildman–Crippen MR) is 108 cm³/mol. The summed E-state index contributed by atoms with van der Waals surface area (Å²) in [5.41, 5.74) is 0. The Labute approximate surface area is 154 Å². The number of guanidine groups is 1. The lowest BCUT2D eigenvalue weighted by atomic mass is 10.0. The second-order valence-corrected chi connectivity index (χ2v) is 6.24. The summed E-state index contributed by atoms with van der Waals surface area (Å²) in [5, 5.41) is 7.03. The molecule has 0 spiro atoms. The van der Waals surface area contributed by atoms with E-state index in [1.165, 1.54) is 6.42 Å². The van der Waals surface area contributed by atoms with Crippen LogP contribution in [0.1, 0.15) is 47.0 Å². The minimum Gasteiger partial charge on any atom is -0.355 e. The van der Waals surface area contributed by atoms with Gasteiger partial charge in [-0.1, -0.05) is 39.8 Å². The maximum atomic E-state index is 4.36. The number of halogens is 1. The molecule has 0 saturated carbocycles. The summed E-state index contributed by atoms with van der Waals surface area (Å²) < 4.78 is 0. The number of nitrogens with zero attached hydrogens (tertiary/aromatic N) is 2. The van der Waals surface area contributed by atoms with E-state index in [0.717, 1.165) is 38.4 Å². The van der Waals surface area contributed by atoms with Crippen LogP contribution in [0.2, 0.25) is 0 Å². The molecular weight excluding hydrogens is 387 g/mol. The molecule has 1 aliphatic carbocycles. The van der Waals surface area contributed by atoms with Gasteiger partial charge >= 0.3 is 0 Å². The molecule has 1 atom stereocenters. The molecule has 1 unspecified atom stereocenters. The van der Waals surface area contributed by atoms with Crippen LogP contribution >= 0.6 is 24.0 Å². The van der Waals surface area contributed by atoms with Gasteiger partial charge in [0.25, 0.3) is 0 Å². The van der Waals surface area contributed by atoms with Gasteiger partial charge in [0, 0.05) is 25.7 Å². The third-order valence-electron chi connectivity index (χ3n) is 4.15. The van der Waals surface area contributed by atoms with Gasteiger partial charge in [0.15, 0.2) is 5.96 Å². The quantitative estimate of drug-likeness (QED) is 0.273. The summed E-state index contributed by atoms with van der Waals surface area (Å²) in [6, 6.07) is 1.08. The highest BCUT2D eigenvalue weighted by Gasteiger charge is 2.18. The topological polar surface area (TPSA) is 39.7 Å². The highest BCUT2D eigenvalue weighted by atomic mass is 127. The van der Waals surface area contributed by atoms with Crippen LogP contribution in [-0.4, -0.2) is 49.6 Å². The van der Waals surface area contributed by atoms with Gasteiger partial charge in [-0.15, -0.1) is 24.0 Å². The van der Waals surface area contributed by atoms with Crippen LogP contribution in [0.4, 0.5) is 0 Å². The smallest absolute Gasteiger partial charge is 0.191 e. The molecule has 0 saturated heterocycles. The Hall–Kier alpha value is -0.300. The lowest BCUT2D eigenvalue weighted by Gasteiger charge is -2.32. The van der Waals surface area contributed by atoms with Crippen molar-refractivity contribution in [1.82, 2.24) is 15.5 Å². The Morgan fingerprint density at radius 3 is 2.27 bits per heavy atom. The van der Waals surface area contributed by atoms with E-state index in [-0.39, 0.29) is 24.0 Å². The van der Waals surface area contributed by atoms with Crippen LogP contribution in [0.5, 0.6) is 0 Å². The number of rotatable bonds is 8. The molecule has 0 aliphatic heterocycles. The largest absolute Gasteiger partial charge is 0.355 e. The SMILES string of the molecule is CCN(CC)C(CNC(=NC)NC1CC=CC1)CC(C)C.I. The fourth-order valence-electron chi connectivity index (χ4n) is 2.98. The minimum atomic E-state index is 0. The average molecular weight is 422 g/mol. The summed E-state index contributed by atoms with van der Waals surface area (Å²) in [4.78, 5) is 6.90. The molecule has 4 nitrogen and oxygen atoms in total. The van der Waals surface area contributed by atoms with Crippen molar-refractivity contribution in [3.8, 4) is 0 Å². The Bertz CT molecular complexity index is 330. The van der Waals surface area contributed by atoms with E-state index in [9.17, 15) is 0 Å². The van der Waals surface area contributed by atoms with E-state index in [4.69, 9.17) is 0 Å². The van der Waals surface area contributed by atoms with Gasteiger partial charge in [-0.3, -0.25) is 9.89 Å². The van der Waals surface area contributed by atoms with Crippen molar-refractivity contribution in [2.24, 2.45) is 10.9 Å². The maximum absolute atomic E-state index is 4.36. The molecule has 0 bridgehead atoms. The summed E-state index contributed by atoms with van der Waals surface area (Å²) in [6.45, 7) is 12.3. The van der Waals surface area contributed by atoms with Gasteiger partial charge in [-0.05, 0) is 38.3 Å². The van der Waals surface area contributed by atoms with Gasteiger partial charge in [0.1, 0.15) is 0 Å². The van der Waals surface area contributed by atoms with Crippen molar-refractivity contribution in [2.75, 3.05) is 26.7 Å². The van der Waals surface area contributed by atoms with Crippen molar-refractivity contribution in [2.45, 2.75) is 59.0 Å². The number of hydrogen-bond donors (Lipinski definition) is 2. The van der Waals surface area contributed by atoms with Crippen LogP contribution in [0.15, 0.2) is 17.1 Å². The highest BCUT2D eigenvalue weighted by Crippen LogP contribution is 2.11. The molecule has 1 aliphatic rings. The Morgan fingerprint density at radius 2 is 1.82 bits per heavy atom. The Morgan fingerprint density at radius 1 is 1.23 bits per heavy atom. The summed E-state index contributed by atoms with van der Waals surface area (Å²) in [5.74, 6) is 1.65. The van der Waals surface area contributed by atoms with Crippen molar-refractivity contribution in [1.29, 1.82) is 0 Å². The Kier molecular flexibility index (Phi) is 12.0. The molecule has 1 rings (SSSR count). The highest BCUT2D eigenvalue weighted by molar-refractivity contribution is 14.0. The Balaban J connectivity index is 0.00000441. The standard InChI is InChI=1S/C17H34N4.HI/c1-6-21(7-2)16(12-14(3)4)13-19-17(18-5)20-15-10-8-9-11-15;/h8-9,14-16H,6-7,10-13H2,1-5H3,(H2,18,19,20);1H. The second-order valence-electron chi connectivity index (χ2n) is 6.24. The van der Waals surface area contributed by atoms with Gasteiger partial charge in [-0.25, -0.2) is 0 Å². The summed E-state index contributed by atoms with van der Waals surface area (Å²) in [7, 11) is 1.85.